The molecule has 2 heterocycles. The summed E-state index contributed by atoms with van der Waals surface area (Å²) in [6.07, 6.45) is 9.51. The number of carbonyl (C=O) groups is 2. The number of methoxy groups -OCH3 is 1. The van der Waals surface area contributed by atoms with Crippen molar-refractivity contribution in [2.45, 2.75) is 87.8 Å². The number of fused-ring (bicyclic) bond motifs is 2. The molecule has 1 aromatic carbocycles. The van der Waals surface area contributed by atoms with Crippen molar-refractivity contribution in [1.29, 1.82) is 0 Å². The predicted octanol–water partition coefficient (Wildman–Crippen LogP) is 4.74. The van der Waals surface area contributed by atoms with Crippen LogP contribution in [-0.2, 0) is 19.6 Å². The topological polar surface area (TPSA) is 80.3 Å². The van der Waals surface area contributed by atoms with E-state index in [-0.39, 0.29) is 36.1 Å². The third-order valence-corrected chi connectivity index (χ3v) is 8.83. The number of nitrogens with one attached hydrogen (secondary N) is 1. The van der Waals surface area contributed by atoms with E-state index in [9.17, 15) is 14.0 Å². The van der Waals surface area contributed by atoms with Gasteiger partial charge in [-0.05, 0) is 88.2 Å². The van der Waals surface area contributed by atoms with Gasteiger partial charge in [0.1, 0.15) is 18.5 Å². The summed E-state index contributed by atoms with van der Waals surface area (Å²) in [5.41, 5.74) is 1.39. The molecule has 0 aromatic heterocycles. The SMILES string of the molecule is COCCOC(=O)N1CC2(CCN(C3CCCCC(NC(=O)OC4CCC4)C3)CC2)c2cc(F)ccc21. The van der Waals surface area contributed by atoms with E-state index in [4.69, 9.17) is 14.2 Å². The molecule has 1 saturated heterocycles. The summed E-state index contributed by atoms with van der Waals surface area (Å²) in [6, 6.07) is 5.25. The van der Waals surface area contributed by atoms with Gasteiger partial charge in [-0.25, -0.2) is 14.0 Å². The second-order valence-electron chi connectivity index (χ2n) is 11.1. The van der Waals surface area contributed by atoms with Crippen LogP contribution in [0.5, 0.6) is 0 Å². The third-order valence-electron chi connectivity index (χ3n) is 8.83. The van der Waals surface area contributed by atoms with Crippen LogP contribution in [0.15, 0.2) is 18.2 Å². The second kappa shape index (κ2) is 11.6. The number of hydrogen-bond acceptors (Lipinski definition) is 6. The van der Waals surface area contributed by atoms with Crippen LogP contribution in [0, 0.1) is 5.82 Å². The average Bonchev–Trinajstić information content (AvgIpc) is 3.00. The molecule has 2 aliphatic carbocycles. The van der Waals surface area contributed by atoms with Gasteiger partial charge in [0.2, 0.25) is 0 Å². The lowest BCUT2D eigenvalue weighted by Crippen LogP contribution is -2.50. The molecule has 2 unspecified atom stereocenters. The molecule has 1 N–H and O–H groups in total. The van der Waals surface area contributed by atoms with Gasteiger partial charge in [-0.2, -0.15) is 0 Å². The maximum Gasteiger partial charge on any atom is 0.414 e. The minimum absolute atomic E-state index is 0.0933. The molecule has 5 rings (SSSR count). The lowest BCUT2D eigenvalue weighted by Gasteiger charge is -2.43. The van der Waals surface area contributed by atoms with E-state index in [0.717, 1.165) is 88.5 Å². The average molecular weight is 518 g/mol. The fourth-order valence-electron chi connectivity index (χ4n) is 6.48. The van der Waals surface area contributed by atoms with Gasteiger partial charge < -0.3 is 24.4 Å². The number of rotatable bonds is 6. The second-order valence-corrected chi connectivity index (χ2v) is 11.1. The highest BCUT2D eigenvalue weighted by atomic mass is 19.1. The van der Waals surface area contributed by atoms with E-state index >= 15 is 0 Å². The number of carbonyl (C=O) groups excluding carboxylic acids is 2. The van der Waals surface area contributed by atoms with E-state index in [0.29, 0.717) is 19.2 Å². The Balaban J connectivity index is 1.22. The molecule has 8 nitrogen and oxygen atoms in total. The van der Waals surface area contributed by atoms with E-state index in [1.54, 1.807) is 24.1 Å². The van der Waals surface area contributed by atoms with Crippen LogP contribution in [0.25, 0.3) is 0 Å². The molecule has 37 heavy (non-hydrogen) atoms. The smallest absolute Gasteiger partial charge is 0.414 e. The summed E-state index contributed by atoms with van der Waals surface area (Å²) in [5, 5.41) is 3.14. The molecular formula is C28H40FN3O5. The monoisotopic (exact) mass is 517 g/mol. The summed E-state index contributed by atoms with van der Waals surface area (Å²) in [5.74, 6) is -0.276. The number of halogens is 1. The quantitative estimate of drug-likeness (QED) is 0.434. The Morgan fingerprint density at radius 2 is 1.86 bits per heavy atom. The Morgan fingerprint density at radius 3 is 2.59 bits per heavy atom. The van der Waals surface area contributed by atoms with Crippen molar-refractivity contribution < 1.29 is 28.2 Å². The molecule has 2 atom stereocenters. The molecule has 4 aliphatic rings. The van der Waals surface area contributed by atoms with Crippen LogP contribution in [0.2, 0.25) is 0 Å². The first-order valence-corrected chi connectivity index (χ1v) is 13.9. The molecule has 2 aliphatic heterocycles. The highest BCUT2D eigenvalue weighted by Gasteiger charge is 2.48. The molecule has 204 valence electrons. The fraction of sp³-hybridized carbons (Fsp3) is 0.714. The van der Waals surface area contributed by atoms with Crippen molar-refractivity contribution in [3.63, 3.8) is 0 Å². The van der Waals surface area contributed by atoms with Crippen LogP contribution in [0.4, 0.5) is 19.7 Å². The zero-order valence-electron chi connectivity index (χ0n) is 21.9. The number of nitrogens with zero attached hydrogens (tertiary/aromatic N) is 2. The van der Waals surface area contributed by atoms with Gasteiger partial charge in [-0.15, -0.1) is 0 Å². The van der Waals surface area contributed by atoms with Crippen molar-refractivity contribution >= 4 is 17.9 Å². The molecule has 9 heteroatoms. The summed E-state index contributed by atoms with van der Waals surface area (Å²) in [7, 11) is 1.57. The van der Waals surface area contributed by atoms with Crippen LogP contribution in [0.1, 0.15) is 69.8 Å². The largest absolute Gasteiger partial charge is 0.447 e. The van der Waals surface area contributed by atoms with Crippen molar-refractivity contribution in [1.82, 2.24) is 10.2 Å². The highest BCUT2D eigenvalue weighted by Crippen LogP contribution is 2.48. The Morgan fingerprint density at radius 1 is 1.08 bits per heavy atom. The molecule has 1 aromatic rings. The highest BCUT2D eigenvalue weighted by molar-refractivity contribution is 5.91. The van der Waals surface area contributed by atoms with Gasteiger partial charge >= 0.3 is 12.2 Å². The van der Waals surface area contributed by atoms with Crippen LogP contribution >= 0.6 is 0 Å². The number of ether oxygens (including phenoxy) is 3. The van der Waals surface area contributed by atoms with Gasteiger partial charge in [0.25, 0.3) is 0 Å². The summed E-state index contributed by atoms with van der Waals surface area (Å²) in [4.78, 5) is 29.4. The zero-order valence-corrected chi connectivity index (χ0v) is 21.9. The van der Waals surface area contributed by atoms with Crippen molar-refractivity contribution in [2.75, 3.05) is 44.9 Å². The Kier molecular flexibility index (Phi) is 8.19. The normalized spacial score (nSPS) is 25.7. The van der Waals surface area contributed by atoms with Gasteiger partial charge in [-0.1, -0.05) is 12.8 Å². The molecular weight excluding hydrogens is 477 g/mol. The lowest BCUT2D eigenvalue weighted by atomic mass is 9.74. The van der Waals surface area contributed by atoms with Gasteiger partial charge in [0.15, 0.2) is 0 Å². The number of piperidine rings is 1. The number of amides is 2. The van der Waals surface area contributed by atoms with E-state index in [1.165, 1.54) is 6.07 Å². The zero-order chi connectivity index (χ0) is 25.8. The number of alkyl carbamates (subject to hydrolysis) is 1. The van der Waals surface area contributed by atoms with Crippen molar-refractivity contribution in [2.24, 2.45) is 0 Å². The predicted molar refractivity (Wildman–Crippen MR) is 137 cm³/mol. The first-order valence-electron chi connectivity index (χ1n) is 13.9. The lowest BCUT2D eigenvalue weighted by molar-refractivity contribution is 0.0484. The van der Waals surface area contributed by atoms with Crippen molar-refractivity contribution in [3.05, 3.63) is 29.6 Å². The van der Waals surface area contributed by atoms with Gasteiger partial charge in [0, 0.05) is 31.2 Å². The molecule has 1 spiro atoms. The maximum atomic E-state index is 14.3. The third kappa shape index (κ3) is 5.87. The summed E-state index contributed by atoms with van der Waals surface area (Å²) < 4.78 is 30.3. The minimum atomic E-state index is -0.407. The number of anilines is 1. The van der Waals surface area contributed by atoms with E-state index < -0.39 is 6.09 Å². The van der Waals surface area contributed by atoms with Crippen molar-refractivity contribution in [3.8, 4) is 0 Å². The van der Waals surface area contributed by atoms with E-state index in [1.807, 2.05) is 0 Å². The molecule has 0 radical (unpaired) electrons. The molecule has 2 saturated carbocycles. The molecule has 0 bridgehead atoms. The van der Waals surface area contributed by atoms with Gasteiger partial charge in [-0.3, -0.25) is 4.90 Å². The molecule has 2 amide bonds. The standard InChI is InChI=1S/C28H40FN3O5/c1-35-15-16-36-27(34)32-19-28(24-17-20(29)9-10-25(24)32)11-13-31(14-12-28)22-6-3-2-5-21(18-22)30-26(33)37-23-7-4-8-23/h9-10,17,21-23H,2-8,11-16,18-19H2,1H3,(H,30,33). The summed E-state index contributed by atoms with van der Waals surface area (Å²) >= 11 is 0. The first kappa shape index (κ1) is 26.2. The molecule has 3 fully saturated rings. The van der Waals surface area contributed by atoms with Crippen LogP contribution < -0.4 is 10.2 Å². The Bertz CT molecular complexity index is 963. The summed E-state index contributed by atoms with van der Waals surface area (Å²) in [6.45, 7) is 2.80. The van der Waals surface area contributed by atoms with Crippen LogP contribution in [0.3, 0.4) is 0 Å². The fourth-order valence-corrected chi connectivity index (χ4v) is 6.48. The maximum absolute atomic E-state index is 14.3. The Labute approximate surface area is 218 Å². The number of likely N-dealkylation sites (tertiary alicyclic amines) is 1. The first-order chi connectivity index (χ1) is 18.0. The van der Waals surface area contributed by atoms with E-state index in [2.05, 4.69) is 10.2 Å². The Hall–Kier alpha value is -2.39. The van der Waals surface area contributed by atoms with Crippen LogP contribution in [-0.4, -0.2) is 75.2 Å². The minimum Gasteiger partial charge on any atom is -0.447 e. The number of hydrogen-bond donors (Lipinski definition) is 1. The van der Waals surface area contributed by atoms with Gasteiger partial charge in [0.05, 0.1) is 12.3 Å². The number of benzene rings is 1.